The van der Waals surface area contributed by atoms with Gasteiger partial charge in [-0.2, -0.15) is 5.10 Å². The first kappa shape index (κ1) is 15.2. The van der Waals surface area contributed by atoms with Gasteiger partial charge in [-0.1, -0.05) is 11.8 Å². The molecular weight excluding hydrogens is 322 g/mol. The summed E-state index contributed by atoms with van der Waals surface area (Å²) in [4.78, 5) is 23.1. The van der Waals surface area contributed by atoms with E-state index in [9.17, 15) is 9.59 Å². The van der Waals surface area contributed by atoms with Gasteiger partial charge in [0.05, 0.1) is 18.2 Å². The molecular formula is C14H13N3O5S. The summed E-state index contributed by atoms with van der Waals surface area (Å²) in [6.07, 6.45) is 2.74. The number of hydrogen-bond acceptors (Lipinski definition) is 8. The van der Waals surface area contributed by atoms with E-state index in [2.05, 4.69) is 20.6 Å². The second kappa shape index (κ2) is 6.61. The van der Waals surface area contributed by atoms with Crippen molar-refractivity contribution in [1.82, 2.24) is 10.7 Å². The highest BCUT2D eigenvalue weighted by Crippen LogP contribution is 2.32. The number of fused-ring (bicyclic) bond motifs is 1. The molecule has 120 valence electrons. The zero-order valence-corrected chi connectivity index (χ0v) is 12.9. The molecule has 3 rings (SSSR count). The summed E-state index contributed by atoms with van der Waals surface area (Å²) in [7, 11) is 1.25. The van der Waals surface area contributed by atoms with Crippen LogP contribution in [0.4, 0.5) is 0 Å². The predicted octanol–water partition coefficient (Wildman–Crippen LogP) is 0.542. The Balaban J connectivity index is 1.58. The van der Waals surface area contributed by atoms with Gasteiger partial charge in [0.2, 0.25) is 6.79 Å². The lowest BCUT2D eigenvalue weighted by Crippen LogP contribution is -2.34. The summed E-state index contributed by atoms with van der Waals surface area (Å²) in [6, 6.07) is 5.44. The van der Waals surface area contributed by atoms with Crippen molar-refractivity contribution in [2.45, 2.75) is 5.50 Å². The average molecular weight is 335 g/mol. The molecule has 8 nitrogen and oxygen atoms in total. The van der Waals surface area contributed by atoms with E-state index in [1.54, 1.807) is 18.3 Å². The van der Waals surface area contributed by atoms with Crippen molar-refractivity contribution in [3.05, 3.63) is 34.7 Å². The smallest absolute Gasteiger partial charge is 0.331 e. The number of nitrogens with zero attached hydrogens (tertiary/aromatic N) is 1. The molecule has 2 N–H and O–H groups in total. The van der Waals surface area contributed by atoms with Crippen LogP contribution in [0, 0.1) is 0 Å². The normalized spacial score (nSPS) is 20.8. The van der Waals surface area contributed by atoms with E-state index in [0.29, 0.717) is 11.5 Å². The van der Waals surface area contributed by atoms with Crippen LogP contribution < -0.4 is 20.2 Å². The molecule has 1 atom stereocenters. The number of ether oxygens (including phenoxy) is 3. The molecule has 0 saturated carbocycles. The zero-order chi connectivity index (χ0) is 16.2. The number of nitrogens with one attached hydrogen (secondary N) is 2. The minimum Gasteiger partial charge on any atom is -0.466 e. The predicted molar refractivity (Wildman–Crippen MR) is 82.9 cm³/mol. The van der Waals surface area contributed by atoms with E-state index in [-0.39, 0.29) is 17.6 Å². The number of thioether (sulfide) groups is 1. The van der Waals surface area contributed by atoms with Gasteiger partial charge in [-0.25, -0.2) is 4.79 Å². The standard InChI is InChI=1S/C14H13N3O5S/c1-20-12(18)5-11-13(19)16-14(23-11)17-15-6-8-2-3-9-10(4-8)22-7-21-9/h2-6,14,17H,7H2,1H3,(H,16,19). The van der Waals surface area contributed by atoms with Crippen LogP contribution in [0.2, 0.25) is 0 Å². The molecule has 1 aromatic rings. The van der Waals surface area contributed by atoms with Crippen molar-refractivity contribution in [2.75, 3.05) is 13.9 Å². The van der Waals surface area contributed by atoms with Gasteiger partial charge in [0, 0.05) is 6.08 Å². The van der Waals surface area contributed by atoms with Crippen LogP contribution in [-0.2, 0) is 14.3 Å². The Labute approximate surface area is 135 Å². The molecule has 2 aliphatic heterocycles. The van der Waals surface area contributed by atoms with Gasteiger partial charge >= 0.3 is 5.97 Å². The summed E-state index contributed by atoms with van der Waals surface area (Å²) < 4.78 is 15.0. The third-order valence-electron chi connectivity index (χ3n) is 2.98. The topological polar surface area (TPSA) is 98.2 Å². The molecule has 1 unspecified atom stereocenters. The number of methoxy groups -OCH3 is 1. The van der Waals surface area contributed by atoms with Gasteiger partial charge < -0.3 is 19.5 Å². The molecule has 9 heteroatoms. The average Bonchev–Trinajstić information content (AvgIpc) is 3.14. The van der Waals surface area contributed by atoms with E-state index in [1.165, 1.54) is 7.11 Å². The molecule has 0 aromatic heterocycles. The Morgan fingerprint density at radius 1 is 1.48 bits per heavy atom. The second-order valence-corrected chi connectivity index (χ2v) is 5.65. The highest BCUT2D eigenvalue weighted by Gasteiger charge is 2.27. The van der Waals surface area contributed by atoms with Crippen molar-refractivity contribution >= 4 is 29.9 Å². The van der Waals surface area contributed by atoms with Crippen molar-refractivity contribution in [1.29, 1.82) is 0 Å². The van der Waals surface area contributed by atoms with Crippen LogP contribution in [-0.4, -0.2) is 37.5 Å². The van der Waals surface area contributed by atoms with Gasteiger partial charge in [0.1, 0.15) is 0 Å². The maximum Gasteiger partial charge on any atom is 0.331 e. The van der Waals surface area contributed by atoms with Crippen LogP contribution in [0.15, 0.2) is 34.3 Å². The van der Waals surface area contributed by atoms with Crippen molar-refractivity contribution in [3.8, 4) is 11.5 Å². The minimum atomic E-state index is -0.577. The first-order chi connectivity index (χ1) is 11.2. The summed E-state index contributed by atoms with van der Waals surface area (Å²) in [5.74, 6) is 0.440. The number of carbonyl (C=O) groups excluding carboxylic acids is 2. The van der Waals surface area contributed by atoms with Gasteiger partial charge in [0.15, 0.2) is 17.0 Å². The van der Waals surface area contributed by atoms with Crippen LogP contribution in [0.25, 0.3) is 0 Å². The van der Waals surface area contributed by atoms with Crippen LogP contribution >= 0.6 is 11.8 Å². The molecule has 23 heavy (non-hydrogen) atoms. The fraction of sp³-hybridized carbons (Fsp3) is 0.214. The highest BCUT2D eigenvalue weighted by atomic mass is 32.2. The number of esters is 1. The van der Waals surface area contributed by atoms with Gasteiger partial charge in [-0.3, -0.25) is 10.2 Å². The molecule has 0 aliphatic carbocycles. The monoisotopic (exact) mass is 335 g/mol. The Kier molecular flexibility index (Phi) is 4.38. The van der Waals surface area contributed by atoms with E-state index < -0.39 is 11.5 Å². The molecule has 2 heterocycles. The summed E-state index contributed by atoms with van der Waals surface area (Å²) in [6.45, 7) is 0.216. The number of carbonyl (C=O) groups is 2. The van der Waals surface area contributed by atoms with Crippen LogP contribution in [0.1, 0.15) is 5.56 Å². The molecule has 0 spiro atoms. The Morgan fingerprint density at radius 3 is 3.13 bits per heavy atom. The van der Waals surface area contributed by atoms with E-state index >= 15 is 0 Å². The summed E-state index contributed by atoms with van der Waals surface area (Å²) >= 11 is 1.15. The number of hydrazone groups is 1. The third kappa shape index (κ3) is 3.57. The lowest BCUT2D eigenvalue weighted by molar-refractivity contribution is -0.135. The Morgan fingerprint density at radius 2 is 2.30 bits per heavy atom. The lowest BCUT2D eigenvalue weighted by Gasteiger charge is -2.06. The first-order valence-corrected chi connectivity index (χ1v) is 7.49. The van der Waals surface area contributed by atoms with Gasteiger partial charge in [-0.15, -0.1) is 0 Å². The fourth-order valence-corrected chi connectivity index (χ4v) is 2.76. The third-order valence-corrected chi connectivity index (χ3v) is 4.00. The molecule has 1 saturated heterocycles. The van der Waals surface area contributed by atoms with Crippen molar-refractivity contribution in [2.24, 2.45) is 5.10 Å². The minimum absolute atomic E-state index is 0.216. The highest BCUT2D eigenvalue weighted by molar-refractivity contribution is 8.05. The lowest BCUT2D eigenvalue weighted by atomic mass is 10.2. The van der Waals surface area contributed by atoms with Crippen molar-refractivity contribution in [3.63, 3.8) is 0 Å². The van der Waals surface area contributed by atoms with Crippen molar-refractivity contribution < 1.29 is 23.8 Å². The van der Waals surface area contributed by atoms with E-state index in [0.717, 1.165) is 23.4 Å². The number of benzene rings is 1. The quantitative estimate of drug-likeness (QED) is 0.359. The van der Waals surface area contributed by atoms with Gasteiger partial charge in [-0.05, 0) is 23.8 Å². The fourth-order valence-electron chi connectivity index (χ4n) is 1.90. The SMILES string of the molecule is COC(=O)C=C1SC(NN=Cc2ccc3c(c2)OCO3)NC1=O. The molecule has 2 aliphatic rings. The van der Waals surface area contributed by atoms with E-state index in [1.807, 2.05) is 6.07 Å². The zero-order valence-electron chi connectivity index (χ0n) is 12.1. The van der Waals surface area contributed by atoms with E-state index in [4.69, 9.17) is 9.47 Å². The maximum absolute atomic E-state index is 11.7. The van der Waals surface area contributed by atoms with Crippen LogP contribution in [0.5, 0.6) is 11.5 Å². The summed E-state index contributed by atoms with van der Waals surface area (Å²) in [5, 5.41) is 6.71. The molecule has 1 amide bonds. The Hall–Kier alpha value is -2.68. The van der Waals surface area contributed by atoms with Gasteiger partial charge in [0.25, 0.3) is 5.91 Å². The number of hydrogen-bond donors (Lipinski definition) is 2. The second-order valence-electron chi connectivity index (χ2n) is 4.50. The largest absolute Gasteiger partial charge is 0.466 e. The molecule has 1 fully saturated rings. The Bertz CT molecular complexity index is 704. The summed E-state index contributed by atoms with van der Waals surface area (Å²) in [5.41, 5.74) is 3.15. The first-order valence-electron chi connectivity index (χ1n) is 6.61. The number of rotatable bonds is 4. The molecule has 0 radical (unpaired) electrons. The molecule has 1 aromatic carbocycles. The van der Waals surface area contributed by atoms with Crippen LogP contribution in [0.3, 0.4) is 0 Å². The number of amides is 1. The molecule has 0 bridgehead atoms. The maximum atomic E-state index is 11.7.